The SMILES string of the molecule is C=C1C=CN([C@@H]2O[C@H](CO[P@@](=O)(C[C@@H](C)C(=O)OC(C)C)Oc3ccccc3)[C@@H](O)[C@@]2(C)F)C(=O)C1. The van der Waals surface area contributed by atoms with E-state index in [0.29, 0.717) is 5.57 Å². The van der Waals surface area contributed by atoms with Gasteiger partial charge in [-0.2, -0.15) is 0 Å². The minimum Gasteiger partial charge on any atom is -0.463 e. The molecule has 2 heterocycles. The molecule has 1 N–H and O–H groups in total. The number of amides is 1. The Kier molecular flexibility index (Phi) is 8.77. The molecule has 1 aromatic carbocycles. The third kappa shape index (κ3) is 6.62. The van der Waals surface area contributed by atoms with Crippen molar-refractivity contribution in [1.82, 2.24) is 4.90 Å². The summed E-state index contributed by atoms with van der Waals surface area (Å²) in [7, 11) is -4.01. The molecule has 0 bridgehead atoms. The quantitative estimate of drug-likeness (QED) is 0.361. The molecule has 0 saturated carbocycles. The maximum atomic E-state index is 15.5. The number of carbonyl (C=O) groups is 2. The summed E-state index contributed by atoms with van der Waals surface area (Å²) in [4.78, 5) is 25.8. The second kappa shape index (κ2) is 11.3. The standard InChI is InChI=1S/C25H33FNO8P/c1-16(2)33-23(30)18(4)15-36(31,35-19-9-7-6-8-10-19)32-14-20-22(29)25(5,26)24(34-20)27-12-11-17(3)13-21(27)28/h6-12,16,18,20,22,24,29H,3,13-15H2,1-2,4-5H3/t18-,20-,22-,24-,25-,36+/m1/s1. The highest BCUT2D eigenvalue weighted by Gasteiger charge is 2.57. The number of carbonyl (C=O) groups excluding carboxylic acids is 2. The highest BCUT2D eigenvalue weighted by Crippen LogP contribution is 2.51. The summed E-state index contributed by atoms with van der Waals surface area (Å²) >= 11 is 0. The summed E-state index contributed by atoms with van der Waals surface area (Å²) in [6.45, 7) is 9.26. The number of benzene rings is 1. The van der Waals surface area contributed by atoms with E-state index < -0.39 is 56.1 Å². The van der Waals surface area contributed by atoms with Crippen molar-refractivity contribution in [2.24, 2.45) is 5.92 Å². The Bertz CT molecular complexity index is 1040. The molecule has 36 heavy (non-hydrogen) atoms. The third-order valence-electron chi connectivity index (χ3n) is 5.78. The number of rotatable bonds is 10. The molecule has 1 aromatic rings. The van der Waals surface area contributed by atoms with Gasteiger partial charge in [0.05, 0.1) is 31.2 Å². The number of esters is 1. The van der Waals surface area contributed by atoms with Gasteiger partial charge in [0, 0.05) is 6.20 Å². The topological polar surface area (TPSA) is 112 Å². The number of allylic oxidation sites excluding steroid dienone is 1. The van der Waals surface area contributed by atoms with Crippen LogP contribution >= 0.6 is 7.60 Å². The second-order valence-electron chi connectivity index (χ2n) is 9.45. The second-order valence-corrected chi connectivity index (χ2v) is 11.5. The van der Waals surface area contributed by atoms with Crippen molar-refractivity contribution in [2.75, 3.05) is 12.8 Å². The van der Waals surface area contributed by atoms with Gasteiger partial charge in [-0.15, -0.1) is 0 Å². The zero-order chi connectivity index (χ0) is 26.7. The zero-order valence-corrected chi connectivity index (χ0v) is 21.7. The lowest BCUT2D eigenvalue weighted by atomic mass is 9.97. The van der Waals surface area contributed by atoms with Crippen LogP contribution in [-0.4, -0.2) is 64.9 Å². The average molecular weight is 526 g/mol. The molecular formula is C25H33FNO8P. The number of aliphatic hydroxyl groups excluding tert-OH is 1. The van der Waals surface area contributed by atoms with Crippen LogP contribution in [0, 0.1) is 5.92 Å². The van der Waals surface area contributed by atoms with Crippen LogP contribution in [0.1, 0.15) is 34.1 Å². The molecule has 198 valence electrons. The summed E-state index contributed by atoms with van der Waals surface area (Å²) in [5.41, 5.74) is -1.77. The predicted molar refractivity (Wildman–Crippen MR) is 130 cm³/mol. The molecular weight excluding hydrogens is 492 g/mol. The van der Waals surface area contributed by atoms with Crippen LogP contribution in [0.3, 0.4) is 0 Å². The van der Waals surface area contributed by atoms with Crippen molar-refractivity contribution in [3.63, 3.8) is 0 Å². The van der Waals surface area contributed by atoms with Gasteiger partial charge in [-0.25, -0.2) is 8.96 Å². The minimum absolute atomic E-state index is 0.00577. The van der Waals surface area contributed by atoms with Crippen molar-refractivity contribution >= 4 is 19.5 Å². The Labute approximate surface area is 210 Å². The van der Waals surface area contributed by atoms with E-state index in [-0.39, 0.29) is 24.4 Å². The predicted octanol–water partition coefficient (Wildman–Crippen LogP) is 3.98. The molecule has 0 aliphatic carbocycles. The first-order valence-electron chi connectivity index (χ1n) is 11.7. The van der Waals surface area contributed by atoms with E-state index in [1.54, 1.807) is 50.3 Å². The summed E-state index contributed by atoms with van der Waals surface area (Å²) in [5.74, 6) is -1.59. The maximum absolute atomic E-state index is 15.5. The average Bonchev–Trinajstić information content (AvgIpc) is 3.01. The summed E-state index contributed by atoms with van der Waals surface area (Å²) in [6, 6.07) is 8.25. The van der Waals surface area contributed by atoms with E-state index in [1.807, 2.05) is 0 Å². The fraction of sp³-hybridized carbons (Fsp3) is 0.520. The minimum atomic E-state index is -4.01. The number of aliphatic hydroxyl groups is 1. The molecule has 0 unspecified atom stereocenters. The van der Waals surface area contributed by atoms with Gasteiger partial charge in [0.2, 0.25) is 5.91 Å². The van der Waals surface area contributed by atoms with Crippen molar-refractivity contribution in [1.29, 1.82) is 0 Å². The van der Waals surface area contributed by atoms with Crippen molar-refractivity contribution in [3.05, 3.63) is 54.8 Å². The molecule has 2 aliphatic heterocycles. The van der Waals surface area contributed by atoms with Crippen LogP contribution in [-0.2, 0) is 28.2 Å². The van der Waals surface area contributed by atoms with Gasteiger partial charge in [0.1, 0.15) is 18.0 Å². The Morgan fingerprint density at radius 1 is 1.33 bits per heavy atom. The maximum Gasteiger partial charge on any atom is 0.380 e. The lowest BCUT2D eigenvalue weighted by Crippen LogP contribution is -2.50. The van der Waals surface area contributed by atoms with E-state index in [2.05, 4.69) is 6.58 Å². The van der Waals surface area contributed by atoms with Crippen LogP contribution in [0.25, 0.3) is 0 Å². The highest BCUT2D eigenvalue weighted by molar-refractivity contribution is 7.54. The molecule has 1 amide bonds. The van der Waals surface area contributed by atoms with Crippen molar-refractivity contribution in [2.45, 2.75) is 64.3 Å². The first kappa shape index (κ1) is 28.1. The van der Waals surface area contributed by atoms with E-state index in [0.717, 1.165) is 11.8 Å². The number of para-hydroxylation sites is 1. The number of nitrogens with zero attached hydrogens (tertiary/aromatic N) is 1. The van der Waals surface area contributed by atoms with Gasteiger partial charge in [-0.05, 0) is 44.6 Å². The number of ether oxygens (including phenoxy) is 2. The first-order valence-corrected chi connectivity index (χ1v) is 13.4. The molecule has 1 fully saturated rings. The lowest BCUT2D eigenvalue weighted by molar-refractivity contribution is -0.151. The van der Waals surface area contributed by atoms with Gasteiger partial charge >= 0.3 is 13.6 Å². The smallest absolute Gasteiger partial charge is 0.380 e. The molecule has 11 heteroatoms. The van der Waals surface area contributed by atoms with E-state index in [9.17, 15) is 19.3 Å². The summed E-state index contributed by atoms with van der Waals surface area (Å²) < 4.78 is 51.4. The molecule has 0 radical (unpaired) electrons. The number of hydrogen-bond donors (Lipinski definition) is 1. The Morgan fingerprint density at radius 2 is 2.00 bits per heavy atom. The zero-order valence-electron chi connectivity index (χ0n) is 20.8. The van der Waals surface area contributed by atoms with Gasteiger partial charge in [0.25, 0.3) is 0 Å². The van der Waals surface area contributed by atoms with Crippen LogP contribution in [0.2, 0.25) is 0 Å². The molecule has 3 rings (SSSR count). The summed E-state index contributed by atoms with van der Waals surface area (Å²) in [5, 5.41) is 10.6. The normalized spacial score (nSPS) is 28.8. The Hall–Kier alpha value is -2.52. The Morgan fingerprint density at radius 3 is 2.61 bits per heavy atom. The fourth-order valence-corrected chi connectivity index (χ4v) is 5.75. The van der Waals surface area contributed by atoms with Crippen LogP contribution < -0.4 is 4.52 Å². The monoisotopic (exact) mass is 525 g/mol. The Balaban J connectivity index is 1.76. The third-order valence-corrected chi connectivity index (χ3v) is 7.81. The number of hydrogen-bond acceptors (Lipinski definition) is 8. The van der Waals surface area contributed by atoms with E-state index in [4.69, 9.17) is 18.5 Å². The molecule has 0 spiro atoms. The van der Waals surface area contributed by atoms with E-state index >= 15 is 4.39 Å². The largest absolute Gasteiger partial charge is 0.463 e. The van der Waals surface area contributed by atoms with Crippen LogP contribution in [0.4, 0.5) is 4.39 Å². The molecule has 1 saturated heterocycles. The lowest BCUT2D eigenvalue weighted by Gasteiger charge is -2.33. The van der Waals surface area contributed by atoms with Gasteiger partial charge < -0.3 is 19.1 Å². The first-order chi connectivity index (χ1) is 16.8. The van der Waals surface area contributed by atoms with Crippen molar-refractivity contribution < 1.29 is 42.2 Å². The van der Waals surface area contributed by atoms with Crippen molar-refractivity contribution in [3.8, 4) is 5.75 Å². The van der Waals surface area contributed by atoms with Gasteiger partial charge in [-0.3, -0.25) is 19.0 Å². The molecule has 6 atom stereocenters. The fourth-order valence-electron chi connectivity index (χ4n) is 3.88. The molecule has 0 aromatic heterocycles. The van der Waals surface area contributed by atoms with Gasteiger partial charge in [0.15, 0.2) is 11.9 Å². The van der Waals surface area contributed by atoms with Crippen LogP contribution in [0.15, 0.2) is 54.8 Å². The highest BCUT2D eigenvalue weighted by atomic mass is 31.2. The summed E-state index contributed by atoms with van der Waals surface area (Å²) in [6.07, 6.45) is -2.14. The number of alkyl halides is 1. The number of halogens is 1. The molecule has 2 aliphatic rings. The van der Waals surface area contributed by atoms with Gasteiger partial charge in [-0.1, -0.05) is 31.7 Å². The van der Waals surface area contributed by atoms with Crippen LogP contribution in [0.5, 0.6) is 5.75 Å². The van der Waals surface area contributed by atoms with E-state index in [1.165, 1.54) is 13.1 Å². The molecule has 9 nitrogen and oxygen atoms in total.